The van der Waals surface area contributed by atoms with Crippen molar-refractivity contribution < 1.29 is 13.9 Å². The highest BCUT2D eigenvalue weighted by molar-refractivity contribution is 8.02. The molecule has 0 fully saturated rings. The molecule has 0 aliphatic heterocycles. The van der Waals surface area contributed by atoms with E-state index in [4.69, 9.17) is 4.74 Å². The number of allylic oxidation sites excluding steroid dienone is 1. The number of halogens is 1. The molecule has 0 aliphatic rings. The highest BCUT2D eigenvalue weighted by Gasteiger charge is 2.06. The van der Waals surface area contributed by atoms with Crippen LogP contribution in [0.3, 0.4) is 0 Å². The van der Waals surface area contributed by atoms with Crippen LogP contribution in [0.1, 0.15) is 15.9 Å². The molecule has 0 heterocycles. The molecule has 0 radical (unpaired) electrons. The van der Waals surface area contributed by atoms with Crippen LogP contribution in [-0.2, 0) is 6.42 Å². The van der Waals surface area contributed by atoms with Crippen molar-refractivity contribution in [1.82, 2.24) is 5.32 Å². The van der Waals surface area contributed by atoms with Crippen molar-refractivity contribution in [2.24, 2.45) is 0 Å². The van der Waals surface area contributed by atoms with Crippen molar-refractivity contribution in [3.63, 3.8) is 0 Å². The summed E-state index contributed by atoms with van der Waals surface area (Å²) >= 11 is 1.46. The Balaban J connectivity index is 1.96. The average Bonchev–Trinajstić information content (AvgIpc) is 2.61. The first-order chi connectivity index (χ1) is 11.6. The first-order valence-corrected chi connectivity index (χ1v) is 8.78. The highest BCUT2D eigenvalue weighted by atomic mass is 32.2. The van der Waals surface area contributed by atoms with Gasteiger partial charge in [0.15, 0.2) is 5.78 Å². The van der Waals surface area contributed by atoms with Crippen LogP contribution in [0.25, 0.3) is 0 Å². The minimum atomic E-state index is -0.351. The predicted octanol–water partition coefficient (Wildman–Crippen LogP) is 4.05. The lowest BCUT2D eigenvalue weighted by Gasteiger charge is -2.11. The van der Waals surface area contributed by atoms with E-state index in [0.717, 1.165) is 22.8 Å². The van der Waals surface area contributed by atoms with Gasteiger partial charge in [-0.1, -0.05) is 18.2 Å². The summed E-state index contributed by atoms with van der Waals surface area (Å²) in [5.41, 5.74) is 1.58. The van der Waals surface area contributed by atoms with Crippen LogP contribution in [0.2, 0.25) is 0 Å². The number of ketones is 1. The van der Waals surface area contributed by atoms with E-state index in [2.05, 4.69) is 5.32 Å². The molecule has 0 aromatic heterocycles. The number of rotatable bonds is 8. The number of para-hydroxylation sites is 1. The predicted molar refractivity (Wildman–Crippen MR) is 97.0 cm³/mol. The van der Waals surface area contributed by atoms with Crippen molar-refractivity contribution in [2.75, 3.05) is 19.9 Å². The van der Waals surface area contributed by atoms with Gasteiger partial charge in [0.1, 0.15) is 11.6 Å². The molecule has 0 aliphatic carbocycles. The van der Waals surface area contributed by atoms with Gasteiger partial charge in [-0.3, -0.25) is 4.79 Å². The quantitative estimate of drug-likeness (QED) is 0.578. The van der Waals surface area contributed by atoms with Crippen LogP contribution in [0.4, 0.5) is 4.39 Å². The van der Waals surface area contributed by atoms with Crippen molar-refractivity contribution in [3.05, 3.63) is 76.6 Å². The van der Waals surface area contributed by atoms with Gasteiger partial charge in [0.05, 0.1) is 12.1 Å². The van der Waals surface area contributed by atoms with E-state index in [0.29, 0.717) is 12.1 Å². The van der Waals surface area contributed by atoms with Crippen LogP contribution in [-0.4, -0.2) is 25.7 Å². The maximum Gasteiger partial charge on any atom is 0.188 e. The molecule has 1 N–H and O–H groups in total. The van der Waals surface area contributed by atoms with Gasteiger partial charge in [0.25, 0.3) is 0 Å². The minimum absolute atomic E-state index is 0.149. The normalized spacial score (nSPS) is 11.2. The highest BCUT2D eigenvalue weighted by Crippen LogP contribution is 2.18. The van der Waals surface area contributed by atoms with Crippen molar-refractivity contribution >= 4 is 17.5 Å². The SMILES string of the molecule is COc1ccccc1CCNC(=CC(=O)c1ccc(F)cc1)SC. The topological polar surface area (TPSA) is 38.3 Å². The zero-order chi connectivity index (χ0) is 17.4. The molecule has 0 saturated carbocycles. The summed E-state index contributed by atoms with van der Waals surface area (Å²) in [5.74, 6) is 0.357. The smallest absolute Gasteiger partial charge is 0.188 e. The Morgan fingerprint density at radius 3 is 2.58 bits per heavy atom. The molecule has 5 heteroatoms. The van der Waals surface area contributed by atoms with Gasteiger partial charge in [-0.25, -0.2) is 4.39 Å². The fraction of sp³-hybridized carbons (Fsp3) is 0.211. The molecule has 126 valence electrons. The standard InChI is InChI=1S/C19H20FNO2S/c1-23-18-6-4-3-5-15(18)11-12-21-19(24-2)13-17(22)14-7-9-16(20)10-8-14/h3-10,13,21H,11-12H2,1-2H3. The summed E-state index contributed by atoms with van der Waals surface area (Å²) in [5, 5.41) is 4.03. The molecule has 2 aromatic carbocycles. The minimum Gasteiger partial charge on any atom is -0.496 e. The lowest BCUT2D eigenvalue weighted by Crippen LogP contribution is -2.16. The Labute approximate surface area is 145 Å². The number of nitrogens with one attached hydrogen (secondary N) is 1. The van der Waals surface area contributed by atoms with Crippen molar-refractivity contribution in [1.29, 1.82) is 0 Å². The first kappa shape index (κ1) is 18.1. The molecular formula is C19H20FNO2S. The van der Waals surface area contributed by atoms with Gasteiger partial charge in [-0.05, 0) is 48.6 Å². The number of carbonyl (C=O) groups is 1. The summed E-state index contributed by atoms with van der Waals surface area (Å²) in [7, 11) is 1.65. The molecule has 2 rings (SSSR count). The number of thioether (sulfide) groups is 1. The maximum atomic E-state index is 12.9. The zero-order valence-corrected chi connectivity index (χ0v) is 14.5. The number of hydrogen-bond donors (Lipinski definition) is 1. The van der Waals surface area contributed by atoms with Crippen LogP contribution < -0.4 is 10.1 Å². The number of carbonyl (C=O) groups excluding carboxylic acids is 1. The third-order valence-electron chi connectivity index (χ3n) is 3.50. The summed E-state index contributed by atoms with van der Waals surface area (Å²) < 4.78 is 18.2. The summed E-state index contributed by atoms with van der Waals surface area (Å²) in [6.45, 7) is 0.684. The Morgan fingerprint density at radius 2 is 1.92 bits per heavy atom. The lowest BCUT2D eigenvalue weighted by molar-refractivity contribution is 0.104. The molecule has 24 heavy (non-hydrogen) atoms. The van der Waals surface area contributed by atoms with E-state index in [9.17, 15) is 9.18 Å². The molecule has 0 atom stereocenters. The second kappa shape index (κ2) is 9.13. The van der Waals surface area contributed by atoms with Crippen LogP contribution in [0.5, 0.6) is 5.75 Å². The largest absolute Gasteiger partial charge is 0.496 e. The number of hydrogen-bond acceptors (Lipinski definition) is 4. The van der Waals surface area contributed by atoms with Gasteiger partial charge < -0.3 is 10.1 Å². The fourth-order valence-electron chi connectivity index (χ4n) is 2.23. The molecule has 0 bridgehead atoms. The summed E-state index contributed by atoms with van der Waals surface area (Å²) in [6, 6.07) is 13.4. The summed E-state index contributed by atoms with van der Waals surface area (Å²) in [6.07, 6.45) is 4.23. The van der Waals surface area contributed by atoms with Crippen molar-refractivity contribution in [2.45, 2.75) is 6.42 Å². The maximum absolute atomic E-state index is 12.9. The Morgan fingerprint density at radius 1 is 1.21 bits per heavy atom. The van der Waals surface area contributed by atoms with Crippen LogP contribution >= 0.6 is 11.8 Å². The van der Waals surface area contributed by atoms with Gasteiger partial charge in [-0.2, -0.15) is 0 Å². The molecule has 0 saturated heterocycles. The Kier molecular flexibility index (Phi) is 6.88. The molecule has 0 spiro atoms. The Bertz CT molecular complexity index is 714. The monoisotopic (exact) mass is 345 g/mol. The van der Waals surface area contributed by atoms with E-state index in [1.54, 1.807) is 13.2 Å². The fourth-order valence-corrected chi connectivity index (χ4v) is 2.70. The second-order valence-electron chi connectivity index (χ2n) is 5.07. The Hall–Kier alpha value is -2.27. The number of methoxy groups -OCH3 is 1. The zero-order valence-electron chi connectivity index (χ0n) is 13.7. The van der Waals surface area contributed by atoms with Crippen molar-refractivity contribution in [3.8, 4) is 5.75 Å². The van der Waals surface area contributed by atoms with E-state index in [1.807, 2.05) is 30.5 Å². The van der Waals surface area contributed by atoms with E-state index < -0.39 is 0 Å². The van der Waals surface area contributed by atoms with Gasteiger partial charge in [-0.15, -0.1) is 11.8 Å². The van der Waals surface area contributed by atoms with Crippen LogP contribution in [0, 0.1) is 5.82 Å². The molecule has 2 aromatic rings. The number of ether oxygens (including phenoxy) is 1. The average molecular weight is 345 g/mol. The van der Waals surface area contributed by atoms with E-state index in [1.165, 1.54) is 36.0 Å². The summed E-state index contributed by atoms with van der Waals surface area (Å²) in [4.78, 5) is 12.2. The van der Waals surface area contributed by atoms with E-state index >= 15 is 0 Å². The molecule has 0 unspecified atom stereocenters. The second-order valence-corrected chi connectivity index (χ2v) is 5.92. The number of benzene rings is 2. The lowest BCUT2D eigenvalue weighted by atomic mass is 10.1. The first-order valence-electron chi connectivity index (χ1n) is 7.55. The van der Waals surface area contributed by atoms with Gasteiger partial charge in [0, 0.05) is 18.2 Å². The van der Waals surface area contributed by atoms with Gasteiger partial charge >= 0.3 is 0 Å². The van der Waals surface area contributed by atoms with E-state index in [-0.39, 0.29) is 11.6 Å². The molecule has 0 amide bonds. The third kappa shape index (κ3) is 5.13. The molecule has 3 nitrogen and oxygen atoms in total. The molecular weight excluding hydrogens is 325 g/mol. The van der Waals surface area contributed by atoms with Crippen LogP contribution in [0.15, 0.2) is 59.6 Å². The van der Waals surface area contributed by atoms with Gasteiger partial charge in [0.2, 0.25) is 0 Å². The third-order valence-corrected chi connectivity index (χ3v) is 4.20.